The number of carbonyl (C=O) groups is 3. The van der Waals surface area contributed by atoms with E-state index in [1.807, 2.05) is 12.1 Å². The molecule has 4 atom stereocenters. The first-order chi connectivity index (χ1) is 17.1. The maximum atomic E-state index is 13.8. The first kappa shape index (κ1) is 26.9. The zero-order valence-corrected chi connectivity index (χ0v) is 22.0. The molecule has 0 bridgehead atoms. The fourth-order valence-electron chi connectivity index (χ4n) is 6.27. The third-order valence-corrected chi connectivity index (χ3v) is 8.05. The first-order valence-corrected chi connectivity index (χ1v) is 12.6. The minimum absolute atomic E-state index is 0.0832. The van der Waals surface area contributed by atoms with Crippen molar-refractivity contribution in [2.45, 2.75) is 64.5 Å². The molecule has 1 saturated carbocycles. The number of ketones is 2. The van der Waals surface area contributed by atoms with Crippen LogP contribution in [0.5, 0.6) is 5.75 Å². The molecule has 0 spiro atoms. The Hall–Kier alpha value is -3.17. The van der Waals surface area contributed by atoms with Gasteiger partial charge in [-0.3, -0.25) is 19.3 Å². The van der Waals surface area contributed by atoms with Crippen LogP contribution in [0, 0.1) is 17.3 Å². The van der Waals surface area contributed by atoms with E-state index in [2.05, 4.69) is 20.8 Å². The quantitative estimate of drug-likeness (QED) is 0.376. The van der Waals surface area contributed by atoms with Crippen LogP contribution in [0.4, 0.5) is 0 Å². The molecule has 6 N–H and O–H groups in total. The van der Waals surface area contributed by atoms with Crippen LogP contribution in [-0.2, 0) is 27.2 Å². The monoisotopic (exact) mass is 512 g/mol. The second-order valence-corrected chi connectivity index (χ2v) is 12.0. The minimum Gasteiger partial charge on any atom is -0.508 e. The van der Waals surface area contributed by atoms with E-state index in [0.29, 0.717) is 24.0 Å². The summed E-state index contributed by atoms with van der Waals surface area (Å²) in [6.07, 6.45) is 2.72. The lowest BCUT2D eigenvalue weighted by Crippen LogP contribution is -2.65. The van der Waals surface area contributed by atoms with Crippen LogP contribution in [0.25, 0.3) is 5.76 Å². The Balaban J connectivity index is 1.83. The Morgan fingerprint density at radius 1 is 1.16 bits per heavy atom. The molecule has 1 aromatic rings. The van der Waals surface area contributed by atoms with Gasteiger partial charge in [0.15, 0.2) is 11.4 Å². The number of nitrogens with zero attached hydrogens (tertiary/aromatic N) is 1. The van der Waals surface area contributed by atoms with E-state index >= 15 is 0 Å². The second-order valence-electron chi connectivity index (χ2n) is 12.0. The number of fused-ring (bicyclic) bond motifs is 3. The van der Waals surface area contributed by atoms with Gasteiger partial charge in [-0.05, 0) is 68.7 Å². The third-order valence-electron chi connectivity index (χ3n) is 8.05. The molecule has 9 heteroatoms. The summed E-state index contributed by atoms with van der Waals surface area (Å²) in [5.41, 5.74) is 3.36. The molecule has 9 nitrogen and oxygen atoms in total. The Morgan fingerprint density at radius 2 is 1.81 bits per heavy atom. The van der Waals surface area contributed by atoms with E-state index in [-0.39, 0.29) is 28.7 Å². The molecule has 1 amide bonds. The van der Waals surface area contributed by atoms with E-state index in [1.165, 1.54) is 4.90 Å². The van der Waals surface area contributed by atoms with Crippen molar-refractivity contribution in [2.75, 3.05) is 14.1 Å². The van der Waals surface area contributed by atoms with E-state index in [0.717, 1.165) is 12.8 Å². The van der Waals surface area contributed by atoms with Gasteiger partial charge in [0.05, 0.1) is 11.6 Å². The maximum Gasteiger partial charge on any atom is 0.255 e. The molecule has 200 valence electrons. The number of likely N-dealkylation sites (N-methyl/N-ethyl adjacent to an activating group) is 1. The lowest BCUT2D eigenvalue weighted by molar-refractivity contribution is -0.153. The Kier molecular flexibility index (Phi) is 6.53. The molecule has 37 heavy (non-hydrogen) atoms. The number of aliphatic hydroxyl groups is 3. The van der Waals surface area contributed by atoms with Crippen molar-refractivity contribution in [3.63, 3.8) is 0 Å². The number of Topliss-reactive ketones (excluding diaryl/α,β-unsaturated/α-hetero) is 2. The fraction of sp³-hybridized carbons (Fsp3) is 0.536. The van der Waals surface area contributed by atoms with Crippen LogP contribution in [-0.4, -0.2) is 68.5 Å². The third kappa shape index (κ3) is 4.14. The van der Waals surface area contributed by atoms with Gasteiger partial charge in [0.2, 0.25) is 5.78 Å². The van der Waals surface area contributed by atoms with Gasteiger partial charge < -0.3 is 26.2 Å². The zero-order valence-electron chi connectivity index (χ0n) is 22.0. The van der Waals surface area contributed by atoms with Gasteiger partial charge in [0, 0.05) is 11.5 Å². The summed E-state index contributed by atoms with van der Waals surface area (Å²) in [6.45, 7) is 6.40. The molecular formula is C28H36N2O7. The van der Waals surface area contributed by atoms with Crippen molar-refractivity contribution in [3.8, 4) is 5.75 Å². The molecule has 3 aliphatic rings. The SMILES string of the molecule is CN(C)C1C(=O)C(C(N)=O)=C(O)[C@]2(O)C(=O)C3=C(O)c4c(ccc(CCCC(C)(C)C)c4O)C[C@@H]3C[C@H]12. The average Bonchev–Trinajstić information content (AvgIpc) is 2.76. The number of rotatable bonds is 5. The Labute approximate surface area is 216 Å². The molecule has 3 aliphatic carbocycles. The predicted octanol–water partition coefficient (Wildman–Crippen LogP) is 2.33. The van der Waals surface area contributed by atoms with Gasteiger partial charge in [-0.1, -0.05) is 32.9 Å². The number of hydrogen-bond acceptors (Lipinski definition) is 8. The molecule has 1 fully saturated rings. The van der Waals surface area contributed by atoms with Crippen molar-refractivity contribution < 1.29 is 34.8 Å². The van der Waals surface area contributed by atoms with Crippen LogP contribution in [0.1, 0.15) is 56.7 Å². The van der Waals surface area contributed by atoms with Crippen LogP contribution in [0.2, 0.25) is 0 Å². The number of amides is 1. The Bertz CT molecular complexity index is 1250. The Morgan fingerprint density at radius 3 is 2.38 bits per heavy atom. The number of nitrogens with two attached hydrogens (primary N) is 1. The predicted molar refractivity (Wildman–Crippen MR) is 137 cm³/mol. The average molecular weight is 513 g/mol. The number of carbonyl (C=O) groups excluding carboxylic acids is 3. The summed E-state index contributed by atoms with van der Waals surface area (Å²) in [5.74, 6) is -6.28. The van der Waals surface area contributed by atoms with Gasteiger partial charge in [-0.15, -0.1) is 0 Å². The van der Waals surface area contributed by atoms with Gasteiger partial charge in [0.1, 0.15) is 22.8 Å². The molecule has 0 aromatic heterocycles. The summed E-state index contributed by atoms with van der Waals surface area (Å²) in [6, 6.07) is 2.57. The minimum atomic E-state index is -2.62. The highest BCUT2D eigenvalue weighted by Gasteiger charge is 2.64. The molecule has 0 heterocycles. The summed E-state index contributed by atoms with van der Waals surface area (Å²) in [7, 11) is 3.15. The number of phenols is 1. The number of benzene rings is 1. The van der Waals surface area contributed by atoms with Crippen molar-refractivity contribution >= 4 is 23.2 Å². The highest BCUT2D eigenvalue weighted by molar-refractivity contribution is 6.24. The number of hydrogen-bond donors (Lipinski definition) is 5. The van der Waals surface area contributed by atoms with Gasteiger partial charge in [-0.2, -0.15) is 0 Å². The summed E-state index contributed by atoms with van der Waals surface area (Å²) in [4.78, 5) is 40.5. The second kappa shape index (κ2) is 8.99. The van der Waals surface area contributed by atoms with Crippen LogP contribution < -0.4 is 5.73 Å². The van der Waals surface area contributed by atoms with Crippen molar-refractivity contribution in [1.82, 2.24) is 4.90 Å². The lowest BCUT2D eigenvalue weighted by Gasteiger charge is -2.50. The number of aryl methyl sites for hydroxylation is 1. The fourth-order valence-corrected chi connectivity index (χ4v) is 6.27. The topological polar surface area (TPSA) is 161 Å². The largest absolute Gasteiger partial charge is 0.508 e. The van der Waals surface area contributed by atoms with Crippen LogP contribution in [0.3, 0.4) is 0 Å². The molecular weight excluding hydrogens is 476 g/mol. The van der Waals surface area contributed by atoms with E-state index in [4.69, 9.17) is 5.73 Å². The van der Waals surface area contributed by atoms with E-state index < -0.39 is 58.0 Å². The van der Waals surface area contributed by atoms with Gasteiger partial charge >= 0.3 is 0 Å². The molecule has 0 radical (unpaired) electrons. The molecule has 0 aliphatic heterocycles. The standard InChI is InChI=1S/C28H36N2O7/c1-27(2,3)10-6-7-13-8-9-14-11-15-12-16-20(30(4)5)23(33)19(26(29)36)25(35)28(16,37)24(34)18(15)22(32)17(14)21(13)31/h8-9,15-16,20,31-32,35,37H,6-7,10-12H2,1-5H3,(H2,29,36)/t15-,16-,20?,28-/m1/s1. The van der Waals surface area contributed by atoms with Crippen LogP contribution >= 0.6 is 0 Å². The van der Waals surface area contributed by atoms with Crippen molar-refractivity contribution in [2.24, 2.45) is 23.0 Å². The molecule has 0 saturated heterocycles. The first-order valence-electron chi connectivity index (χ1n) is 12.6. The maximum absolute atomic E-state index is 13.8. The molecule has 1 unspecified atom stereocenters. The lowest BCUT2D eigenvalue weighted by atomic mass is 9.57. The van der Waals surface area contributed by atoms with Crippen LogP contribution in [0.15, 0.2) is 29.0 Å². The highest BCUT2D eigenvalue weighted by atomic mass is 16.3. The summed E-state index contributed by atoms with van der Waals surface area (Å²) in [5, 5.41) is 44.9. The summed E-state index contributed by atoms with van der Waals surface area (Å²) < 4.78 is 0. The smallest absolute Gasteiger partial charge is 0.255 e. The highest BCUT2D eigenvalue weighted by Crippen LogP contribution is 2.52. The summed E-state index contributed by atoms with van der Waals surface area (Å²) >= 11 is 0. The number of primary amides is 1. The molecule has 1 aromatic carbocycles. The van der Waals surface area contributed by atoms with E-state index in [9.17, 15) is 34.8 Å². The number of phenolic OH excluding ortho intramolecular Hbond substituents is 1. The molecule has 4 rings (SSSR count). The van der Waals surface area contributed by atoms with Gasteiger partial charge in [-0.25, -0.2) is 0 Å². The number of aliphatic hydroxyl groups excluding tert-OH is 2. The van der Waals surface area contributed by atoms with Crippen molar-refractivity contribution in [1.29, 1.82) is 0 Å². The van der Waals surface area contributed by atoms with Crippen molar-refractivity contribution in [3.05, 3.63) is 45.7 Å². The van der Waals surface area contributed by atoms with Gasteiger partial charge in [0.25, 0.3) is 5.91 Å². The number of aromatic hydroxyl groups is 1. The zero-order chi connectivity index (χ0) is 27.6. The van der Waals surface area contributed by atoms with E-state index in [1.54, 1.807) is 14.1 Å². The normalized spacial score (nSPS) is 27.8.